The van der Waals surface area contributed by atoms with Gasteiger partial charge in [0.05, 0.1) is 0 Å². The van der Waals surface area contributed by atoms with E-state index in [1.807, 2.05) is 0 Å². The molecule has 110 valence electrons. The highest BCUT2D eigenvalue weighted by Crippen LogP contribution is 2.22. The topological polar surface area (TPSA) is 87.4 Å². The van der Waals surface area contributed by atoms with Crippen molar-refractivity contribution in [3.05, 3.63) is 53.6 Å². The quantitative estimate of drug-likeness (QED) is 0.699. The average molecular weight is 293 g/mol. The van der Waals surface area contributed by atoms with Gasteiger partial charge in [-0.3, -0.25) is 0 Å². The number of nitrogens with two attached hydrogens (primary N) is 1. The molecule has 0 aromatic heterocycles. The lowest BCUT2D eigenvalue weighted by Gasteiger charge is -2.09. The van der Waals surface area contributed by atoms with Crippen LogP contribution in [-0.2, 0) is 6.54 Å². The van der Waals surface area contributed by atoms with Gasteiger partial charge < -0.3 is 21.5 Å². The third-order valence-electron chi connectivity index (χ3n) is 2.73. The van der Waals surface area contributed by atoms with Gasteiger partial charge in [-0.2, -0.15) is 0 Å². The van der Waals surface area contributed by atoms with Gasteiger partial charge >= 0.3 is 6.03 Å². The zero-order valence-corrected chi connectivity index (χ0v) is 10.9. The highest BCUT2D eigenvalue weighted by atomic mass is 19.1. The lowest BCUT2D eigenvalue weighted by atomic mass is 10.2. The standard InChI is InChI=1S/C14H13F2N3O2/c15-11-5-8(6-12(16)13(11)20)7-18-9-1-3-10(4-2-9)19-14(17)21/h1-6,18,20H,7H2,(H3,17,19,21). The number of aromatic hydroxyl groups is 1. The number of urea groups is 1. The maximum Gasteiger partial charge on any atom is 0.316 e. The van der Waals surface area contributed by atoms with Crippen molar-refractivity contribution in [2.24, 2.45) is 5.73 Å². The SMILES string of the molecule is NC(=O)Nc1ccc(NCc2cc(F)c(O)c(F)c2)cc1. The number of nitrogens with one attached hydrogen (secondary N) is 2. The van der Waals surface area contributed by atoms with Gasteiger partial charge in [0, 0.05) is 17.9 Å². The van der Waals surface area contributed by atoms with Crippen LogP contribution < -0.4 is 16.4 Å². The van der Waals surface area contributed by atoms with E-state index in [4.69, 9.17) is 10.8 Å². The van der Waals surface area contributed by atoms with Gasteiger partial charge in [0.25, 0.3) is 0 Å². The summed E-state index contributed by atoms with van der Waals surface area (Å²) in [6.07, 6.45) is 0. The normalized spacial score (nSPS) is 10.2. The van der Waals surface area contributed by atoms with E-state index < -0.39 is 23.4 Å². The van der Waals surface area contributed by atoms with Crippen LogP contribution in [0.15, 0.2) is 36.4 Å². The van der Waals surface area contributed by atoms with Crippen LogP contribution in [0.5, 0.6) is 5.75 Å². The first-order valence-corrected chi connectivity index (χ1v) is 6.03. The largest absolute Gasteiger partial charge is 0.503 e. The van der Waals surface area contributed by atoms with Crippen LogP contribution >= 0.6 is 0 Å². The predicted molar refractivity (Wildman–Crippen MR) is 75.0 cm³/mol. The summed E-state index contributed by atoms with van der Waals surface area (Å²) in [6.45, 7) is 0.177. The number of carbonyl (C=O) groups excluding carboxylic acids is 1. The van der Waals surface area contributed by atoms with Gasteiger partial charge in [0.2, 0.25) is 0 Å². The number of hydrogen-bond acceptors (Lipinski definition) is 3. The number of carbonyl (C=O) groups is 1. The molecule has 0 radical (unpaired) electrons. The van der Waals surface area contributed by atoms with Crippen molar-refractivity contribution in [1.29, 1.82) is 0 Å². The van der Waals surface area contributed by atoms with Crippen molar-refractivity contribution in [3.8, 4) is 5.75 Å². The van der Waals surface area contributed by atoms with Crippen LogP contribution in [0.25, 0.3) is 0 Å². The van der Waals surface area contributed by atoms with Gasteiger partial charge in [-0.1, -0.05) is 0 Å². The minimum Gasteiger partial charge on any atom is -0.503 e. The summed E-state index contributed by atoms with van der Waals surface area (Å²) in [5, 5.41) is 14.4. The summed E-state index contributed by atoms with van der Waals surface area (Å²) in [7, 11) is 0. The number of rotatable bonds is 4. The molecule has 21 heavy (non-hydrogen) atoms. The minimum atomic E-state index is -1.01. The smallest absolute Gasteiger partial charge is 0.316 e. The molecule has 5 nitrogen and oxygen atoms in total. The molecule has 0 bridgehead atoms. The number of benzene rings is 2. The van der Waals surface area contributed by atoms with E-state index >= 15 is 0 Å². The highest BCUT2D eigenvalue weighted by molar-refractivity contribution is 5.87. The van der Waals surface area contributed by atoms with Crippen molar-refractivity contribution < 1.29 is 18.7 Å². The van der Waals surface area contributed by atoms with Crippen LogP contribution in [0.2, 0.25) is 0 Å². The summed E-state index contributed by atoms with van der Waals surface area (Å²) in [4.78, 5) is 10.7. The Morgan fingerprint density at radius 3 is 2.14 bits per heavy atom. The Morgan fingerprint density at radius 2 is 1.62 bits per heavy atom. The van der Waals surface area contributed by atoms with Crippen LogP contribution in [-0.4, -0.2) is 11.1 Å². The number of amides is 2. The monoisotopic (exact) mass is 293 g/mol. The molecule has 0 atom stereocenters. The fourth-order valence-corrected chi connectivity index (χ4v) is 1.74. The Balaban J connectivity index is 2.01. The summed E-state index contributed by atoms with van der Waals surface area (Å²) in [6, 6.07) is 8.06. The van der Waals surface area contributed by atoms with Gasteiger partial charge in [-0.15, -0.1) is 0 Å². The van der Waals surface area contributed by atoms with E-state index in [9.17, 15) is 13.6 Å². The summed E-state index contributed by atoms with van der Waals surface area (Å²) in [5.41, 5.74) is 6.56. The molecule has 0 unspecified atom stereocenters. The van der Waals surface area contributed by atoms with Crippen molar-refractivity contribution in [2.45, 2.75) is 6.54 Å². The maximum atomic E-state index is 13.2. The molecule has 5 N–H and O–H groups in total. The molecule has 2 aromatic rings. The number of phenols is 1. The van der Waals surface area contributed by atoms with Crippen molar-refractivity contribution in [2.75, 3.05) is 10.6 Å². The first-order chi connectivity index (χ1) is 9.95. The van der Waals surface area contributed by atoms with E-state index in [-0.39, 0.29) is 6.54 Å². The second kappa shape index (κ2) is 6.08. The number of phenolic OH excluding ortho intramolecular Hbond substituents is 1. The summed E-state index contributed by atoms with van der Waals surface area (Å²) >= 11 is 0. The van der Waals surface area contributed by atoms with Crippen LogP contribution in [0.3, 0.4) is 0 Å². The fourth-order valence-electron chi connectivity index (χ4n) is 1.74. The third kappa shape index (κ3) is 3.82. The second-order valence-corrected chi connectivity index (χ2v) is 4.33. The summed E-state index contributed by atoms with van der Waals surface area (Å²) < 4.78 is 26.3. The molecule has 0 heterocycles. The second-order valence-electron chi connectivity index (χ2n) is 4.33. The zero-order valence-electron chi connectivity index (χ0n) is 10.9. The molecule has 0 saturated carbocycles. The Bertz CT molecular complexity index is 637. The minimum absolute atomic E-state index is 0.177. The van der Waals surface area contributed by atoms with Crippen LogP contribution in [0.4, 0.5) is 25.0 Å². The van der Waals surface area contributed by atoms with E-state index in [0.29, 0.717) is 16.9 Å². The van der Waals surface area contributed by atoms with Gasteiger partial charge in [-0.25, -0.2) is 13.6 Å². The van der Waals surface area contributed by atoms with Gasteiger partial charge in [-0.05, 0) is 42.0 Å². The van der Waals surface area contributed by atoms with Crippen molar-refractivity contribution in [1.82, 2.24) is 0 Å². The maximum absolute atomic E-state index is 13.2. The van der Waals surface area contributed by atoms with E-state index in [0.717, 1.165) is 12.1 Å². The Morgan fingerprint density at radius 1 is 1.10 bits per heavy atom. The molecule has 0 saturated heterocycles. The number of anilines is 2. The molecule has 2 aromatic carbocycles. The van der Waals surface area contributed by atoms with Crippen molar-refractivity contribution >= 4 is 17.4 Å². The van der Waals surface area contributed by atoms with Crippen LogP contribution in [0.1, 0.15) is 5.56 Å². The molecule has 0 fully saturated rings. The third-order valence-corrected chi connectivity index (χ3v) is 2.73. The molecular formula is C14H13F2N3O2. The fraction of sp³-hybridized carbons (Fsp3) is 0.0714. The lowest BCUT2D eigenvalue weighted by Crippen LogP contribution is -2.19. The summed E-state index contributed by atoms with van der Waals surface area (Å²) in [5.74, 6) is -3.00. The molecule has 0 aliphatic heterocycles. The number of hydrogen-bond donors (Lipinski definition) is 4. The Hall–Kier alpha value is -2.83. The first-order valence-electron chi connectivity index (χ1n) is 6.03. The molecule has 2 rings (SSSR count). The highest BCUT2D eigenvalue weighted by Gasteiger charge is 2.09. The Kier molecular flexibility index (Phi) is 4.22. The van der Waals surface area contributed by atoms with Crippen LogP contribution in [0, 0.1) is 11.6 Å². The van der Waals surface area contributed by atoms with E-state index in [2.05, 4.69) is 10.6 Å². The molecule has 7 heteroatoms. The lowest BCUT2D eigenvalue weighted by molar-refractivity contribution is 0.259. The molecule has 0 aliphatic rings. The van der Waals surface area contributed by atoms with Crippen molar-refractivity contribution in [3.63, 3.8) is 0 Å². The van der Waals surface area contributed by atoms with E-state index in [1.54, 1.807) is 24.3 Å². The molecule has 0 aliphatic carbocycles. The predicted octanol–water partition coefficient (Wildman–Crippen LogP) is 2.77. The average Bonchev–Trinajstić information content (AvgIpc) is 2.43. The van der Waals surface area contributed by atoms with Gasteiger partial charge in [0.15, 0.2) is 17.4 Å². The number of halogens is 2. The molecule has 2 amide bonds. The Labute approximate surface area is 119 Å². The van der Waals surface area contributed by atoms with E-state index in [1.165, 1.54) is 0 Å². The zero-order chi connectivity index (χ0) is 15.4. The van der Waals surface area contributed by atoms with Gasteiger partial charge in [0.1, 0.15) is 0 Å². The number of primary amides is 1. The first kappa shape index (κ1) is 14.6. The molecule has 0 spiro atoms. The molecular weight excluding hydrogens is 280 g/mol.